The summed E-state index contributed by atoms with van der Waals surface area (Å²) < 4.78 is 0. The van der Waals surface area contributed by atoms with Gasteiger partial charge in [-0.15, -0.1) is 0 Å². The molecule has 2 nitrogen and oxygen atoms in total. The second-order valence-electron chi connectivity index (χ2n) is 4.76. The second kappa shape index (κ2) is 7.39. The number of nitrogens with zero attached hydrogens (tertiary/aromatic N) is 1. The van der Waals surface area contributed by atoms with Crippen LogP contribution in [0.2, 0.25) is 0 Å². The van der Waals surface area contributed by atoms with Gasteiger partial charge in [0.05, 0.1) is 5.69 Å². The molecule has 2 aromatic rings. The average molecular weight is 267 g/mol. The van der Waals surface area contributed by atoms with Gasteiger partial charge in [0.15, 0.2) is 0 Å². The normalized spacial score (nSPS) is 10.8. The van der Waals surface area contributed by atoms with Crippen LogP contribution in [0.3, 0.4) is 0 Å². The number of unbranched alkanes of at least 4 members (excludes halogenated alkanes) is 1. The van der Waals surface area contributed by atoms with Crippen molar-refractivity contribution >= 4 is 11.8 Å². The standard InChI is InChI=1S/C18H21NO/c1-2-3-14-19(17-11-7-8-12-18(17)20)15-13-16-9-5-4-6-10-16/h4-13,15,20H,2-3,14H2,1H3. The number of hydrogen-bond acceptors (Lipinski definition) is 2. The van der Waals surface area contributed by atoms with E-state index in [0.29, 0.717) is 5.75 Å². The van der Waals surface area contributed by atoms with Crippen molar-refractivity contribution < 1.29 is 5.11 Å². The van der Waals surface area contributed by atoms with Gasteiger partial charge in [0.1, 0.15) is 5.75 Å². The SMILES string of the molecule is CCCCN(C=Cc1ccccc1)c1ccccc1O. The van der Waals surface area contributed by atoms with Crippen LogP contribution < -0.4 is 4.90 Å². The van der Waals surface area contributed by atoms with Gasteiger partial charge in [0.2, 0.25) is 0 Å². The first-order chi connectivity index (χ1) is 9.81. The van der Waals surface area contributed by atoms with Crippen molar-refractivity contribution in [1.82, 2.24) is 0 Å². The van der Waals surface area contributed by atoms with Gasteiger partial charge >= 0.3 is 0 Å². The first-order valence-corrected chi connectivity index (χ1v) is 7.09. The topological polar surface area (TPSA) is 23.5 Å². The fraction of sp³-hybridized carbons (Fsp3) is 0.222. The van der Waals surface area contributed by atoms with Crippen LogP contribution in [0.25, 0.3) is 6.08 Å². The van der Waals surface area contributed by atoms with E-state index in [9.17, 15) is 5.11 Å². The maximum Gasteiger partial charge on any atom is 0.139 e. The molecule has 2 aromatic carbocycles. The van der Waals surface area contributed by atoms with Crippen molar-refractivity contribution in [2.75, 3.05) is 11.4 Å². The number of aromatic hydroxyl groups is 1. The maximum atomic E-state index is 10.0. The fourth-order valence-corrected chi connectivity index (χ4v) is 2.05. The van der Waals surface area contributed by atoms with Crippen molar-refractivity contribution in [2.45, 2.75) is 19.8 Å². The second-order valence-corrected chi connectivity index (χ2v) is 4.76. The minimum absolute atomic E-state index is 0.321. The monoisotopic (exact) mass is 267 g/mol. The Morgan fingerprint density at radius 2 is 1.70 bits per heavy atom. The summed E-state index contributed by atoms with van der Waals surface area (Å²) in [7, 11) is 0. The lowest BCUT2D eigenvalue weighted by Crippen LogP contribution is -2.17. The van der Waals surface area contributed by atoms with Gasteiger partial charge in [-0.05, 0) is 30.2 Å². The van der Waals surface area contributed by atoms with Gasteiger partial charge in [-0.2, -0.15) is 0 Å². The number of phenols is 1. The Kier molecular flexibility index (Phi) is 5.24. The third kappa shape index (κ3) is 3.89. The highest BCUT2D eigenvalue weighted by molar-refractivity contribution is 5.63. The molecule has 0 atom stereocenters. The molecule has 0 saturated carbocycles. The van der Waals surface area contributed by atoms with E-state index in [2.05, 4.69) is 30.0 Å². The van der Waals surface area contributed by atoms with Gasteiger partial charge in [0.25, 0.3) is 0 Å². The van der Waals surface area contributed by atoms with Crippen LogP contribution >= 0.6 is 0 Å². The van der Waals surface area contributed by atoms with Crippen LogP contribution in [0.5, 0.6) is 5.75 Å². The molecule has 0 radical (unpaired) electrons. The zero-order chi connectivity index (χ0) is 14.2. The molecule has 20 heavy (non-hydrogen) atoms. The van der Waals surface area contributed by atoms with Crippen molar-refractivity contribution in [3.63, 3.8) is 0 Å². The van der Waals surface area contributed by atoms with Crippen molar-refractivity contribution in [1.29, 1.82) is 0 Å². The van der Waals surface area contributed by atoms with E-state index < -0.39 is 0 Å². The molecule has 0 saturated heterocycles. The number of hydrogen-bond donors (Lipinski definition) is 1. The molecule has 0 aliphatic rings. The molecule has 0 aliphatic carbocycles. The summed E-state index contributed by atoms with van der Waals surface area (Å²) in [5, 5.41) is 10.0. The van der Waals surface area contributed by atoms with Gasteiger partial charge in [-0.25, -0.2) is 0 Å². The molecular formula is C18H21NO. The van der Waals surface area contributed by atoms with Crippen molar-refractivity contribution in [2.24, 2.45) is 0 Å². The Morgan fingerprint density at radius 1 is 1.00 bits per heavy atom. The Hall–Kier alpha value is -2.22. The molecule has 104 valence electrons. The molecule has 0 heterocycles. The Labute approximate surface area is 121 Å². The quantitative estimate of drug-likeness (QED) is 0.822. The summed E-state index contributed by atoms with van der Waals surface area (Å²) in [5.41, 5.74) is 2.01. The Balaban J connectivity index is 2.20. The highest BCUT2D eigenvalue weighted by atomic mass is 16.3. The smallest absolute Gasteiger partial charge is 0.139 e. The van der Waals surface area contributed by atoms with E-state index in [1.54, 1.807) is 6.07 Å². The first-order valence-electron chi connectivity index (χ1n) is 7.09. The molecule has 2 heteroatoms. The molecular weight excluding hydrogens is 246 g/mol. The number of para-hydroxylation sites is 2. The van der Waals surface area contributed by atoms with Gasteiger partial charge in [-0.3, -0.25) is 0 Å². The predicted molar refractivity (Wildman–Crippen MR) is 85.8 cm³/mol. The molecule has 0 spiro atoms. The summed E-state index contributed by atoms with van der Waals surface area (Å²) in [4.78, 5) is 2.10. The maximum absolute atomic E-state index is 10.0. The highest BCUT2D eigenvalue weighted by Crippen LogP contribution is 2.27. The van der Waals surface area contributed by atoms with Crippen LogP contribution in [-0.4, -0.2) is 11.7 Å². The van der Waals surface area contributed by atoms with Gasteiger partial charge in [-0.1, -0.05) is 55.8 Å². The molecule has 1 N–H and O–H groups in total. The minimum Gasteiger partial charge on any atom is -0.506 e. The van der Waals surface area contributed by atoms with E-state index in [4.69, 9.17) is 0 Å². The van der Waals surface area contributed by atoms with E-state index in [-0.39, 0.29) is 0 Å². The van der Waals surface area contributed by atoms with E-state index in [1.807, 2.05) is 42.6 Å². The lowest BCUT2D eigenvalue weighted by molar-refractivity contribution is 0.475. The van der Waals surface area contributed by atoms with Crippen LogP contribution in [0.1, 0.15) is 25.3 Å². The summed E-state index contributed by atoms with van der Waals surface area (Å²) in [6.07, 6.45) is 6.33. The summed E-state index contributed by atoms with van der Waals surface area (Å²) in [6, 6.07) is 17.7. The Bertz CT molecular complexity index is 548. The van der Waals surface area contributed by atoms with Crippen molar-refractivity contribution in [3.05, 3.63) is 66.4 Å². The Morgan fingerprint density at radius 3 is 2.40 bits per heavy atom. The highest BCUT2D eigenvalue weighted by Gasteiger charge is 2.06. The van der Waals surface area contributed by atoms with Crippen molar-refractivity contribution in [3.8, 4) is 5.75 Å². The molecule has 2 rings (SSSR count). The van der Waals surface area contributed by atoms with Crippen LogP contribution in [0, 0.1) is 0 Å². The van der Waals surface area contributed by atoms with E-state index in [1.165, 1.54) is 0 Å². The lowest BCUT2D eigenvalue weighted by Gasteiger charge is -2.21. The average Bonchev–Trinajstić information content (AvgIpc) is 2.49. The molecule has 0 amide bonds. The zero-order valence-electron chi connectivity index (χ0n) is 11.9. The zero-order valence-corrected chi connectivity index (χ0v) is 11.9. The third-order valence-corrected chi connectivity index (χ3v) is 3.19. The van der Waals surface area contributed by atoms with Gasteiger partial charge in [0, 0.05) is 12.7 Å². The molecule has 0 aliphatic heterocycles. The summed E-state index contributed by atoms with van der Waals surface area (Å²) in [6.45, 7) is 3.07. The molecule has 0 aromatic heterocycles. The summed E-state index contributed by atoms with van der Waals surface area (Å²) in [5.74, 6) is 0.321. The van der Waals surface area contributed by atoms with Crippen LogP contribution in [-0.2, 0) is 0 Å². The predicted octanol–water partition coefficient (Wildman–Crippen LogP) is 4.67. The minimum atomic E-state index is 0.321. The fourth-order valence-electron chi connectivity index (χ4n) is 2.05. The number of anilines is 1. The molecule has 0 fully saturated rings. The molecule has 0 unspecified atom stereocenters. The lowest BCUT2D eigenvalue weighted by atomic mass is 10.2. The van der Waals surface area contributed by atoms with Crippen LogP contribution in [0.15, 0.2) is 60.8 Å². The molecule has 0 bridgehead atoms. The van der Waals surface area contributed by atoms with E-state index >= 15 is 0 Å². The van der Waals surface area contributed by atoms with Gasteiger partial charge < -0.3 is 10.0 Å². The number of phenolic OH excluding ortho intramolecular Hbond substituents is 1. The first kappa shape index (κ1) is 14.2. The number of rotatable bonds is 6. The van der Waals surface area contributed by atoms with Crippen LogP contribution in [0.4, 0.5) is 5.69 Å². The largest absolute Gasteiger partial charge is 0.506 e. The van der Waals surface area contributed by atoms with E-state index in [0.717, 1.165) is 30.6 Å². The number of benzene rings is 2. The summed E-state index contributed by atoms with van der Waals surface area (Å²) >= 11 is 0. The third-order valence-electron chi connectivity index (χ3n) is 3.19.